The number of benzene rings is 1. The van der Waals surface area contributed by atoms with Crippen LogP contribution in [0.5, 0.6) is 0 Å². The second kappa shape index (κ2) is 6.92. The average Bonchev–Trinajstić information content (AvgIpc) is 2.46. The average molecular weight is 282 g/mol. The molecule has 1 aliphatic heterocycles. The van der Waals surface area contributed by atoms with Gasteiger partial charge in [0, 0.05) is 31.6 Å². The molecular weight excluding hydrogens is 262 g/mol. The molecule has 1 aliphatic rings. The van der Waals surface area contributed by atoms with Crippen molar-refractivity contribution in [3.05, 3.63) is 35.4 Å². The molecule has 1 aromatic carbocycles. The van der Waals surface area contributed by atoms with Crippen LogP contribution in [0.1, 0.15) is 24.5 Å². The lowest BCUT2D eigenvalue weighted by molar-refractivity contribution is -0.130. The maximum atomic E-state index is 12.1. The summed E-state index contributed by atoms with van der Waals surface area (Å²) in [6.45, 7) is 4.01. The summed E-state index contributed by atoms with van der Waals surface area (Å²) < 4.78 is 5.36. The van der Waals surface area contributed by atoms with Crippen LogP contribution in [0.2, 0.25) is 0 Å². The molecule has 2 unspecified atom stereocenters. The van der Waals surface area contributed by atoms with Crippen molar-refractivity contribution in [3.8, 4) is 0 Å². The lowest BCUT2D eigenvalue weighted by atomic mass is 9.89. The van der Waals surface area contributed by atoms with Crippen molar-refractivity contribution in [2.24, 2.45) is 11.8 Å². The van der Waals surface area contributed by atoms with Gasteiger partial charge in [0.25, 0.3) is 0 Å². The van der Waals surface area contributed by atoms with Crippen molar-refractivity contribution in [2.45, 2.75) is 25.8 Å². The van der Waals surface area contributed by atoms with Crippen molar-refractivity contribution in [1.29, 1.82) is 0 Å². The minimum absolute atomic E-state index is 0.0795. The zero-order valence-electron chi connectivity index (χ0n) is 11.2. The summed E-state index contributed by atoms with van der Waals surface area (Å²) in [6.07, 6.45) is 0.818. The molecule has 0 bridgehead atoms. The fourth-order valence-corrected chi connectivity index (χ4v) is 2.51. The molecular formula is C15H20ClNO2. The molecule has 1 aromatic rings. The van der Waals surface area contributed by atoms with Gasteiger partial charge in [-0.05, 0) is 23.5 Å². The molecule has 104 valence electrons. The molecule has 0 aliphatic carbocycles. The number of halogens is 1. The van der Waals surface area contributed by atoms with Crippen molar-refractivity contribution in [1.82, 2.24) is 5.32 Å². The monoisotopic (exact) mass is 281 g/mol. The van der Waals surface area contributed by atoms with E-state index >= 15 is 0 Å². The number of ether oxygens (including phenoxy) is 1. The first kappa shape index (κ1) is 14.4. The predicted octanol–water partition coefficient (Wildman–Crippen LogP) is 2.71. The number of nitrogens with one attached hydrogen (secondary N) is 1. The van der Waals surface area contributed by atoms with Gasteiger partial charge in [-0.3, -0.25) is 4.79 Å². The quantitative estimate of drug-likeness (QED) is 0.862. The number of amides is 1. The van der Waals surface area contributed by atoms with Crippen LogP contribution >= 0.6 is 11.6 Å². The Bertz CT molecular complexity index is 419. The van der Waals surface area contributed by atoms with E-state index < -0.39 is 0 Å². The zero-order valence-corrected chi connectivity index (χ0v) is 12.0. The minimum Gasteiger partial charge on any atom is -0.381 e. The van der Waals surface area contributed by atoms with E-state index in [0.717, 1.165) is 17.5 Å². The molecule has 0 aromatic heterocycles. The summed E-state index contributed by atoms with van der Waals surface area (Å²) in [5.74, 6) is 1.03. The van der Waals surface area contributed by atoms with E-state index in [9.17, 15) is 4.79 Å². The van der Waals surface area contributed by atoms with E-state index in [-0.39, 0.29) is 11.8 Å². The van der Waals surface area contributed by atoms with Crippen LogP contribution in [-0.2, 0) is 22.0 Å². The number of carbonyl (C=O) groups is 1. The highest BCUT2D eigenvalue weighted by Gasteiger charge is 2.27. The van der Waals surface area contributed by atoms with Crippen molar-refractivity contribution in [2.75, 3.05) is 13.2 Å². The third-order valence-electron chi connectivity index (χ3n) is 3.62. The Kier molecular flexibility index (Phi) is 5.23. The van der Waals surface area contributed by atoms with Crippen LogP contribution in [-0.4, -0.2) is 19.1 Å². The second-order valence-electron chi connectivity index (χ2n) is 5.12. The maximum absolute atomic E-state index is 12.1. The van der Waals surface area contributed by atoms with Crippen LogP contribution in [0, 0.1) is 11.8 Å². The predicted molar refractivity (Wildman–Crippen MR) is 75.9 cm³/mol. The zero-order chi connectivity index (χ0) is 13.7. The Morgan fingerprint density at radius 2 is 2.05 bits per heavy atom. The normalized spacial score (nSPS) is 23.1. The largest absolute Gasteiger partial charge is 0.381 e. The minimum atomic E-state index is 0.0795. The number of rotatable bonds is 4. The van der Waals surface area contributed by atoms with E-state index in [1.165, 1.54) is 0 Å². The van der Waals surface area contributed by atoms with E-state index in [2.05, 4.69) is 12.2 Å². The Labute approximate surface area is 119 Å². The molecule has 19 heavy (non-hydrogen) atoms. The first-order valence-corrected chi connectivity index (χ1v) is 7.23. The molecule has 1 saturated heterocycles. The summed E-state index contributed by atoms with van der Waals surface area (Å²) in [5, 5.41) is 3.01. The van der Waals surface area contributed by atoms with Gasteiger partial charge in [-0.25, -0.2) is 0 Å². The summed E-state index contributed by atoms with van der Waals surface area (Å²) in [6, 6.07) is 7.99. The molecule has 2 rings (SSSR count). The van der Waals surface area contributed by atoms with E-state index in [1.54, 1.807) is 0 Å². The molecule has 4 heteroatoms. The summed E-state index contributed by atoms with van der Waals surface area (Å²) in [4.78, 5) is 12.1. The first-order valence-electron chi connectivity index (χ1n) is 6.70. The van der Waals surface area contributed by atoms with Gasteiger partial charge >= 0.3 is 0 Å². The molecule has 3 nitrogen and oxygen atoms in total. The molecule has 2 atom stereocenters. The van der Waals surface area contributed by atoms with Gasteiger partial charge in [-0.1, -0.05) is 31.2 Å². The van der Waals surface area contributed by atoms with Crippen molar-refractivity contribution >= 4 is 17.5 Å². The SMILES string of the molecule is CC1COCCC1C(=O)NCc1ccc(CCl)cc1. The summed E-state index contributed by atoms with van der Waals surface area (Å²) >= 11 is 5.74. The standard InChI is InChI=1S/C15H20ClNO2/c1-11-10-19-7-6-14(11)15(18)17-9-13-4-2-12(8-16)3-5-13/h2-5,11,14H,6-10H2,1H3,(H,17,18). The number of alkyl halides is 1. The lowest BCUT2D eigenvalue weighted by Gasteiger charge is -2.27. The molecule has 1 N–H and O–H groups in total. The molecule has 1 fully saturated rings. The summed E-state index contributed by atoms with van der Waals surface area (Å²) in [7, 11) is 0. The highest BCUT2D eigenvalue weighted by Crippen LogP contribution is 2.21. The third kappa shape index (κ3) is 3.95. The van der Waals surface area contributed by atoms with Gasteiger partial charge in [-0.15, -0.1) is 11.6 Å². The molecule has 0 spiro atoms. The number of hydrogen-bond donors (Lipinski definition) is 1. The van der Waals surface area contributed by atoms with Crippen LogP contribution in [0.25, 0.3) is 0 Å². The van der Waals surface area contributed by atoms with E-state index in [4.69, 9.17) is 16.3 Å². The molecule has 0 radical (unpaired) electrons. The van der Waals surface area contributed by atoms with Crippen molar-refractivity contribution in [3.63, 3.8) is 0 Å². The first-order chi connectivity index (χ1) is 9.20. The van der Waals surface area contributed by atoms with Crippen LogP contribution in [0.15, 0.2) is 24.3 Å². The van der Waals surface area contributed by atoms with Gasteiger partial charge < -0.3 is 10.1 Å². The second-order valence-corrected chi connectivity index (χ2v) is 5.38. The third-order valence-corrected chi connectivity index (χ3v) is 3.93. The van der Waals surface area contributed by atoms with Gasteiger partial charge in [-0.2, -0.15) is 0 Å². The molecule has 1 heterocycles. The molecule has 0 saturated carbocycles. The van der Waals surface area contributed by atoms with E-state index in [1.807, 2.05) is 24.3 Å². The van der Waals surface area contributed by atoms with Crippen LogP contribution in [0.3, 0.4) is 0 Å². The fraction of sp³-hybridized carbons (Fsp3) is 0.533. The van der Waals surface area contributed by atoms with Crippen LogP contribution < -0.4 is 5.32 Å². The number of hydrogen-bond acceptors (Lipinski definition) is 2. The smallest absolute Gasteiger partial charge is 0.223 e. The van der Waals surface area contributed by atoms with Crippen molar-refractivity contribution < 1.29 is 9.53 Å². The lowest BCUT2D eigenvalue weighted by Crippen LogP contribution is -2.38. The maximum Gasteiger partial charge on any atom is 0.223 e. The van der Waals surface area contributed by atoms with E-state index in [0.29, 0.717) is 31.6 Å². The van der Waals surface area contributed by atoms with Gasteiger partial charge in [0.2, 0.25) is 5.91 Å². The molecule has 1 amide bonds. The highest BCUT2D eigenvalue weighted by molar-refractivity contribution is 6.17. The fourth-order valence-electron chi connectivity index (χ4n) is 2.34. The Morgan fingerprint density at radius 3 is 2.68 bits per heavy atom. The Balaban J connectivity index is 1.85. The van der Waals surface area contributed by atoms with Gasteiger partial charge in [0.1, 0.15) is 0 Å². The Morgan fingerprint density at radius 1 is 1.37 bits per heavy atom. The van der Waals surface area contributed by atoms with Gasteiger partial charge in [0.15, 0.2) is 0 Å². The highest BCUT2D eigenvalue weighted by atomic mass is 35.5. The Hall–Kier alpha value is -1.06. The topological polar surface area (TPSA) is 38.3 Å². The van der Waals surface area contributed by atoms with Crippen LogP contribution in [0.4, 0.5) is 0 Å². The number of carbonyl (C=O) groups excluding carboxylic acids is 1. The summed E-state index contributed by atoms with van der Waals surface area (Å²) in [5.41, 5.74) is 2.19. The van der Waals surface area contributed by atoms with Gasteiger partial charge in [0.05, 0.1) is 0 Å².